The number of allylic oxidation sites excluding steroid dienone is 3. The fourth-order valence-electron chi connectivity index (χ4n) is 4.86. The van der Waals surface area contributed by atoms with E-state index < -0.39 is 9.52 Å². The molecule has 0 N–H and O–H groups in total. The molecule has 2 radical (unpaired) electrons. The first-order chi connectivity index (χ1) is 19.1. The van der Waals surface area contributed by atoms with Crippen LogP contribution in [-0.4, -0.2) is 26.9 Å². The normalized spacial score (nSPS) is 11.5. The Hall–Kier alpha value is -4.15. The van der Waals surface area contributed by atoms with Crippen molar-refractivity contribution in [3.8, 4) is 0 Å². The molecule has 5 aromatic rings. The lowest BCUT2D eigenvalue weighted by Crippen LogP contribution is -2.42. The standard InChI is InChI=1S/C22H24N2Si.C13H11B/c1-3-4-11-19(2)25-22(24-17-16-23-18-24,20-12-7-5-8-13-20)21-14-9-6-10-15-21;14-13(11-7-3-1-4-8-11)12-9-5-2-6-10-12/h4-18H,2-3,25H2,1H3;1-10,13H. The van der Waals surface area contributed by atoms with Gasteiger partial charge in [-0.1, -0.05) is 146 Å². The highest BCUT2D eigenvalue weighted by atomic mass is 28.2. The van der Waals surface area contributed by atoms with Gasteiger partial charge in [-0.2, -0.15) is 0 Å². The summed E-state index contributed by atoms with van der Waals surface area (Å²) in [6.45, 7) is 6.53. The SMILES string of the molecule is C=C(C=CCC)[SiH2]C(c1ccccc1)(c1ccccc1)n1ccnc1.[B]C(c1ccccc1)c1ccccc1. The van der Waals surface area contributed by atoms with Crippen molar-refractivity contribution in [3.05, 3.63) is 186 Å². The van der Waals surface area contributed by atoms with Gasteiger partial charge in [0.05, 0.1) is 28.9 Å². The molecule has 2 nitrogen and oxygen atoms in total. The van der Waals surface area contributed by atoms with Gasteiger partial charge in [-0.15, -0.1) is 6.58 Å². The third-order valence-corrected chi connectivity index (χ3v) is 9.22. The van der Waals surface area contributed by atoms with Gasteiger partial charge < -0.3 is 4.57 Å². The van der Waals surface area contributed by atoms with Crippen molar-refractivity contribution in [1.82, 2.24) is 9.55 Å². The van der Waals surface area contributed by atoms with Gasteiger partial charge in [0.15, 0.2) is 0 Å². The van der Waals surface area contributed by atoms with Crippen molar-refractivity contribution in [1.29, 1.82) is 0 Å². The fourth-order valence-corrected chi connectivity index (χ4v) is 7.05. The second-order valence-electron chi connectivity index (χ2n) is 9.51. The number of hydrogen-bond acceptors (Lipinski definition) is 1. The maximum absolute atomic E-state index is 6.12. The highest BCUT2D eigenvalue weighted by Crippen LogP contribution is 2.34. The second kappa shape index (κ2) is 14.1. The summed E-state index contributed by atoms with van der Waals surface area (Å²) in [4.78, 5) is 4.35. The summed E-state index contributed by atoms with van der Waals surface area (Å²) in [5.74, 6) is -0.0163. The fraction of sp³-hybridized carbons (Fsp3) is 0.114. The predicted octanol–water partition coefficient (Wildman–Crippen LogP) is 7.23. The van der Waals surface area contributed by atoms with E-state index in [-0.39, 0.29) is 11.0 Å². The molecular formula is C35H35BN2Si. The smallest absolute Gasteiger partial charge is 0.0957 e. The number of imidazole rings is 1. The minimum Gasteiger partial charge on any atom is -0.326 e. The van der Waals surface area contributed by atoms with Gasteiger partial charge in [-0.05, 0) is 34.5 Å². The van der Waals surface area contributed by atoms with Crippen LogP contribution in [0.4, 0.5) is 0 Å². The molecule has 0 amide bonds. The van der Waals surface area contributed by atoms with Crippen molar-refractivity contribution in [2.75, 3.05) is 0 Å². The van der Waals surface area contributed by atoms with E-state index >= 15 is 0 Å². The predicted molar refractivity (Wildman–Crippen MR) is 169 cm³/mol. The van der Waals surface area contributed by atoms with Gasteiger partial charge in [0.2, 0.25) is 0 Å². The van der Waals surface area contributed by atoms with Gasteiger partial charge in [0, 0.05) is 12.4 Å². The number of benzene rings is 4. The molecular weight excluding hydrogens is 487 g/mol. The zero-order valence-electron chi connectivity index (χ0n) is 22.6. The van der Waals surface area contributed by atoms with Gasteiger partial charge in [0.1, 0.15) is 0 Å². The van der Waals surface area contributed by atoms with E-state index in [9.17, 15) is 0 Å². The lowest BCUT2D eigenvalue weighted by molar-refractivity contribution is 0.595. The molecule has 0 unspecified atom stereocenters. The van der Waals surface area contributed by atoms with Crippen LogP contribution in [0.1, 0.15) is 41.4 Å². The van der Waals surface area contributed by atoms with Crippen molar-refractivity contribution in [2.45, 2.75) is 24.3 Å². The van der Waals surface area contributed by atoms with E-state index in [0.29, 0.717) is 0 Å². The van der Waals surface area contributed by atoms with Gasteiger partial charge in [-0.3, -0.25) is 0 Å². The van der Waals surface area contributed by atoms with Crippen LogP contribution in [0.25, 0.3) is 0 Å². The number of hydrogen-bond donors (Lipinski definition) is 0. The first-order valence-electron chi connectivity index (χ1n) is 13.4. The number of nitrogens with zero attached hydrogens (tertiary/aromatic N) is 2. The lowest BCUT2D eigenvalue weighted by Gasteiger charge is -2.37. The van der Waals surface area contributed by atoms with Crippen molar-refractivity contribution < 1.29 is 0 Å². The van der Waals surface area contributed by atoms with E-state index in [1.54, 1.807) is 0 Å². The first-order valence-corrected chi connectivity index (χ1v) is 14.9. The molecule has 0 aliphatic rings. The zero-order chi connectivity index (χ0) is 27.3. The molecule has 1 heterocycles. The van der Waals surface area contributed by atoms with Crippen LogP contribution >= 0.6 is 0 Å². The van der Waals surface area contributed by atoms with E-state index in [1.165, 1.54) is 16.3 Å². The van der Waals surface area contributed by atoms with Gasteiger partial charge >= 0.3 is 0 Å². The zero-order valence-corrected chi connectivity index (χ0v) is 24.0. The Morgan fingerprint density at radius 2 is 1.28 bits per heavy atom. The molecule has 0 saturated heterocycles. The highest BCUT2D eigenvalue weighted by molar-refractivity contribution is 6.51. The van der Waals surface area contributed by atoms with Crippen LogP contribution < -0.4 is 0 Å². The summed E-state index contributed by atoms with van der Waals surface area (Å²) in [7, 11) is 5.32. The van der Waals surface area contributed by atoms with E-state index in [4.69, 9.17) is 7.85 Å². The lowest BCUT2D eigenvalue weighted by atomic mass is 9.76. The molecule has 1 aromatic heterocycles. The molecule has 39 heavy (non-hydrogen) atoms. The average molecular weight is 523 g/mol. The Bertz CT molecular complexity index is 1340. The molecule has 0 bridgehead atoms. The summed E-state index contributed by atoms with van der Waals surface area (Å²) in [5, 5.41) is 1.01. The molecule has 0 fully saturated rings. The first kappa shape index (κ1) is 27.9. The maximum atomic E-state index is 6.12. The summed E-state index contributed by atoms with van der Waals surface area (Å²) in [6.07, 6.45) is 11.3. The van der Waals surface area contributed by atoms with Crippen LogP contribution in [0.15, 0.2) is 164 Å². The third kappa shape index (κ3) is 7.04. The molecule has 0 aliphatic carbocycles. The second-order valence-corrected chi connectivity index (χ2v) is 11.8. The van der Waals surface area contributed by atoms with Crippen molar-refractivity contribution >= 4 is 17.4 Å². The highest BCUT2D eigenvalue weighted by Gasteiger charge is 2.36. The summed E-state index contributed by atoms with van der Waals surface area (Å²) in [6, 6.07) is 41.7. The van der Waals surface area contributed by atoms with Crippen LogP contribution in [-0.2, 0) is 5.16 Å². The van der Waals surface area contributed by atoms with Crippen LogP contribution in [0.2, 0.25) is 0 Å². The van der Waals surface area contributed by atoms with Crippen LogP contribution in [0, 0.1) is 0 Å². The Morgan fingerprint density at radius 3 is 1.69 bits per heavy atom. The molecule has 192 valence electrons. The van der Waals surface area contributed by atoms with E-state index in [1.807, 2.05) is 48.9 Å². The molecule has 4 heteroatoms. The van der Waals surface area contributed by atoms with E-state index in [0.717, 1.165) is 17.5 Å². The monoisotopic (exact) mass is 522 g/mol. The van der Waals surface area contributed by atoms with Crippen LogP contribution in [0.3, 0.4) is 0 Å². The number of aromatic nitrogens is 2. The number of rotatable bonds is 9. The molecule has 5 rings (SSSR count). The minimum atomic E-state index is -0.801. The van der Waals surface area contributed by atoms with Crippen molar-refractivity contribution in [3.63, 3.8) is 0 Å². The third-order valence-electron chi connectivity index (χ3n) is 6.84. The Labute approximate surface area is 237 Å². The Kier molecular flexibility index (Phi) is 10.1. The average Bonchev–Trinajstić information content (AvgIpc) is 3.56. The van der Waals surface area contributed by atoms with Crippen molar-refractivity contribution in [2.24, 2.45) is 0 Å². The summed E-state index contributed by atoms with van der Waals surface area (Å²) in [5.41, 5.74) is 4.88. The van der Waals surface area contributed by atoms with Crippen LogP contribution in [0.5, 0.6) is 0 Å². The summed E-state index contributed by atoms with van der Waals surface area (Å²) >= 11 is 0. The van der Waals surface area contributed by atoms with E-state index in [2.05, 4.69) is 126 Å². The van der Waals surface area contributed by atoms with Gasteiger partial charge in [0.25, 0.3) is 0 Å². The quantitative estimate of drug-likeness (QED) is 0.148. The largest absolute Gasteiger partial charge is 0.326 e. The molecule has 0 spiro atoms. The molecule has 0 atom stereocenters. The Balaban J connectivity index is 0.000000212. The molecule has 0 aliphatic heterocycles. The maximum Gasteiger partial charge on any atom is 0.0957 e. The molecule has 4 aromatic carbocycles. The Morgan fingerprint density at radius 1 is 0.821 bits per heavy atom. The molecule has 0 saturated carbocycles. The minimum absolute atomic E-state index is 0.0163. The topological polar surface area (TPSA) is 17.8 Å². The van der Waals surface area contributed by atoms with Gasteiger partial charge in [-0.25, -0.2) is 4.98 Å². The summed E-state index contributed by atoms with van der Waals surface area (Å²) < 4.78 is 2.26.